The van der Waals surface area contributed by atoms with E-state index in [-0.39, 0.29) is 19.0 Å². The minimum atomic E-state index is -3.81. The van der Waals surface area contributed by atoms with Gasteiger partial charge in [0.1, 0.15) is 0 Å². The highest BCUT2D eigenvalue weighted by Gasteiger charge is 2.38. The van der Waals surface area contributed by atoms with E-state index >= 15 is 0 Å². The quantitative estimate of drug-likeness (QED) is 0.721. The maximum Gasteiger partial charge on any atom is 0.326 e. The predicted octanol–water partition coefficient (Wildman–Crippen LogP) is -0.466. The number of carbonyl (C=O) groups excluding carboxylic acids is 1. The summed E-state index contributed by atoms with van der Waals surface area (Å²) in [4.78, 5) is 18.5. The van der Waals surface area contributed by atoms with Crippen LogP contribution in [0.25, 0.3) is 0 Å². The Kier molecular flexibility index (Phi) is 2.73. The maximum absolute atomic E-state index is 11.7. The zero-order chi connectivity index (χ0) is 11.6. The van der Waals surface area contributed by atoms with Crippen molar-refractivity contribution in [3.8, 4) is 0 Å². The molecule has 86 valence electrons. The summed E-state index contributed by atoms with van der Waals surface area (Å²) >= 11 is 0. The molecule has 1 saturated heterocycles. The molecule has 0 amide bonds. The first-order chi connectivity index (χ1) is 7.59. The van der Waals surface area contributed by atoms with Crippen molar-refractivity contribution in [3.63, 3.8) is 0 Å². The predicted molar refractivity (Wildman–Crippen MR) is 53.9 cm³/mol. The summed E-state index contributed by atoms with van der Waals surface area (Å²) < 4.78 is 30.2. The van der Waals surface area contributed by atoms with Crippen LogP contribution in [0.3, 0.4) is 0 Å². The van der Waals surface area contributed by atoms with Crippen molar-refractivity contribution in [3.05, 3.63) is 18.5 Å². The number of hydrogen-bond donors (Lipinski definition) is 1. The van der Waals surface area contributed by atoms with Gasteiger partial charge < -0.3 is 4.74 Å². The van der Waals surface area contributed by atoms with E-state index in [1.807, 2.05) is 0 Å². The van der Waals surface area contributed by atoms with Gasteiger partial charge in [-0.1, -0.05) is 0 Å². The van der Waals surface area contributed by atoms with Crippen LogP contribution in [0.4, 0.5) is 5.95 Å². The lowest BCUT2D eigenvalue weighted by Gasteiger charge is -2.08. The summed E-state index contributed by atoms with van der Waals surface area (Å²) in [6.07, 6.45) is 2.96. The number of sulfonamides is 1. The van der Waals surface area contributed by atoms with Gasteiger partial charge in [0.05, 0.1) is 6.61 Å². The lowest BCUT2D eigenvalue weighted by Crippen LogP contribution is -2.32. The Labute approximate surface area is 91.9 Å². The fraction of sp³-hybridized carbons (Fsp3) is 0.375. The second-order valence-electron chi connectivity index (χ2n) is 3.16. The van der Waals surface area contributed by atoms with Crippen LogP contribution in [0.1, 0.15) is 6.42 Å². The van der Waals surface area contributed by atoms with Crippen molar-refractivity contribution in [2.75, 3.05) is 11.3 Å². The Balaban J connectivity index is 2.18. The first kappa shape index (κ1) is 10.8. The van der Waals surface area contributed by atoms with Gasteiger partial charge in [-0.15, -0.1) is 0 Å². The number of hydrogen-bond acceptors (Lipinski definition) is 6. The van der Waals surface area contributed by atoms with Gasteiger partial charge in [0.25, 0.3) is 0 Å². The molecule has 2 heterocycles. The monoisotopic (exact) mass is 243 g/mol. The molecule has 16 heavy (non-hydrogen) atoms. The number of aromatic nitrogens is 2. The number of carbonyl (C=O) groups is 1. The van der Waals surface area contributed by atoms with Crippen molar-refractivity contribution < 1.29 is 17.9 Å². The first-order valence-electron chi connectivity index (χ1n) is 4.55. The van der Waals surface area contributed by atoms with Crippen LogP contribution in [0.2, 0.25) is 0 Å². The number of cyclic esters (lactones) is 1. The number of anilines is 1. The summed E-state index contributed by atoms with van der Waals surface area (Å²) in [6.45, 7) is 0.125. The van der Waals surface area contributed by atoms with Gasteiger partial charge in [-0.2, -0.15) is 0 Å². The summed E-state index contributed by atoms with van der Waals surface area (Å²) in [5.41, 5.74) is 0. The second-order valence-corrected chi connectivity index (χ2v) is 5.03. The third-order valence-electron chi connectivity index (χ3n) is 2.06. The van der Waals surface area contributed by atoms with E-state index in [9.17, 15) is 13.2 Å². The Morgan fingerprint density at radius 3 is 2.62 bits per heavy atom. The molecule has 0 saturated carbocycles. The molecule has 1 fully saturated rings. The Morgan fingerprint density at radius 2 is 2.06 bits per heavy atom. The van der Waals surface area contributed by atoms with Crippen LogP contribution in [0.5, 0.6) is 0 Å². The van der Waals surface area contributed by atoms with E-state index < -0.39 is 21.2 Å². The molecule has 1 N–H and O–H groups in total. The lowest BCUT2D eigenvalue weighted by molar-refractivity contribution is -0.137. The summed E-state index contributed by atoms with van der Waals surface area (Å²) in [6, 6.07) is 1.56. The molecule has 2 rings (SSSR count). The second kappa shape index (κ2) is 4.05. The Morgan fingerprint density at radius 1 is 1.38 bits per heavy atom. The zero-order valence-corrected chi connectivity index (χ0v) is 8.98. The average molecular weight is 243 g/mol. The fourth-order valence-corrected chi connectivity index (χ4v) is 2.54. The fourth-order valence-electron chi connectivity index (χ4n) is 1.31. The zero-order valence-electron chi connectivity index (χ0n) is 8.16. The number of esters is 1. The molecular formula is C8H9N3O4S. The van der Waals surface area contributed by atoms with E-state index in [0.29, 0.717) is 0 Å². The molecule has 0 radical (unpaired) electrons. The van der Waals surface area contributed by atoms with Crippen LogP contribution < -0.4 is 4.72 Å². The lowest BCUT2D eigenvalue weighted by atomic mass is 10.4. The Hall–Kier alpha value is -1.70. The van der Waals surface area contributed by atoms with Crippen LogP contribution in [0, 0.1) is 0 Å². The van der Waals surface area contributed by atoms with Crippen molar-refractivity contribution in [1.29, 1.82) is 0 Å². The van der Waals surface area contributed by atoms with Crippen LogP contribution in [0.15, 0.2) is 18.5 Å². The molecule has 1 atom stereocenters. The molecule has 1 aliphatic heterocycles. The van der Waals surface area contributed by atoms with E-state index in [4.69, 9.17) is 0 Å². The SMILES string of the molecule is O=C1OCCC1S(=O)(=O)Nc1ncccn1. The van der Waals surface area contributed by atoms with Crippen molar-refractivity contribution in [2.24, 2.45) is 0 Å². The van der Waals surface area contributed by atoms with Crippen molar-refractivity contribution >= 4 is 21.9 Å². The molecular weight excluding hydrogens is 234 g/mol. The molecule has 8 heteroatoms. The Bertz CT molecular complexity index is 487. The number of rotatable bonds is 3. The first-order valence-corrected chi connectivity index (χ1v) is 6.09. The smallest absolute Gasteiger partial charge is 0.326 e. The third-order valence-corrected chi connectivity index (χ3v) is 3.71. The molecule has 7 nitrogen and oxygen atoms in total. The average Bonchev–Trinajstić information content (AvgIpc) is 2.66. The van der Waals surface area contributed by atoms with Crippen LogP contribution in [-0.2, 0) is 19.6 Å². The van der Waals surface area contributed by atoms with E-state index in [0.717, 1.165) is 0 Å². The molecule has 1 unspecified atom stereocenters. The maximum atomic E-state index is 11.7. The standard InChI is InChI=1S/C8H9N3O4S/c12-7-6(2-5-15-7)16(13,14)11-8-9-3-1-4-10-8/h1,3-4,6H,2,5H2,(H,9,10,11). The van der Waals surface area contributed by atoms with Crippen molar-refractivity contribution in [2.45, 2.75) is 11.7 Å². The molecule has 1 aliphatic rings. The molecule has 0 aromatic carbocycles. The van der Waals surface area contributed by atoms with Gasteiger partial charge in [0, 0.05) is 18.8 Å². The summed E-state index contributed by atoms with van der Waals surface area (Å²) in [5.74, 6) is -0.786. The number of nitrogens with one attached hydrogen (secondary N) is 1. The van der Waals surface area contributed by atoms with Gasteiger partial charge in [0.15, 0.2) is 5.25 Å². The van der Waals surface area contributed by atoms with Crippen LogP contribution in [-0.4, -0.2) is 36.2 Å². The molecule has 0 aliphatic carbocycles. The highest BCUT2D eigenvalue weighted by atomic mass is 32.2. The van der Waals surface area contributed by atoms with Gasteiger partial charge in [-0.25, -0.2) is 18.4 Å². The van der Waals surface area contributed by atoms with Gasteiger partial charge in [-0.05, 0) is 6.07 Å². The van der Waals surface area contributed by atoms with Crippen LogP contribution >= 0.6 is 0 Å². The molecule has 0 spiro atoms. The van der Waals surface area contributed by atoms with E-state index in [1.165, 1.54) is 12.4 Å². The minimum Gasteiger partial charge on any atom is -0.465 e. The van der Waals surface area contributed by atoms with E-state index in [2.05, 4.69) is 19.4 Å². The van der Waals surface area contributed by atoms with Gasteiger partial charge in [0.2, 0.25) is 16.0 Å². The van der Waals surface area contributed by atoms with Gasteiger partial charge >= 0.3 is 5.97 Å². The molecule has 0 bridgehead atoms. The minimum absolute atomic E-state index is 0.0535. The van der Waals surface area contributed by atoms with Crippen molar-refractivity contribution in [1.82, 2.24) is 9.97 Å². The largest absolute Gasteiger partial charge is 0.465 e. The summed E-state index contributed by atoms with van der Waals surface area (Å²) in [7, 11) is -3.81. The molecule has 1 aromatic heterocycles. The highest BCUT2D eigenvalue weighted by Crippen LogP contribution is 2.16. The number of ether oxygens (including phenoxy) is 1. The topological polar surface area (TPSA) is 98.2 Å². The van der Waals surface area contributed by atoms with E-state index in [1.54, 1.807) is 6.07 Å². The summed E-state index contributed by atoms with van der Waals surface area (Å²) in [5, 5.41) is -1.17. The third kappa shape index (κ3) is 2.11. The highest BCUT2D eigenvalue weighted by molar-refractivity contribution is 7.94. The molecule has 1 aromatic rings. The normalized spacial score (nSPS) is 20.5. The van der Waals surface area contributed by atoms with Gasteiger partial charge in [-0.3, -0.25) is 9.52 Å². The number of nitrogens with zero attached hydrogens (tertiary/aromatic N) is 2.